The van der Waals surface area contributed by atoms with Gasteiger partial charge in [0.1, 0.15) is 11.6 Å². The maximum atomic E-state index is 13.1. The molecule has 0 saturated heterocycles. The van der Waals surface area contributed by atoms with Crippen LogP contribution in [0.2, 0.25) is 0 Å². The van der Waals surface area contributed by atoms with Crippen molar-refractivity contribution in [1.29, 1.82) is 0 Å². The molecular formula is C21H20FN3O4. The van der Waals surface area contributed by atoms with Crippen molar-refractivity contribution in [1.82, 2.24) is 15.1 Å². The number of aromatic nitrogens is 2. The lowest BCUT2D eigenvalue weighted by Crippen LogP contribution is -2.27. The van der Waals surface area contributed by atoms with Gasteiger partial charge < -0.3 is 14.5 Å². The van der Waals surface area contributed by atoms with E-state index in [1.165, 1.54) is 24.5 Å². The molecule has 0 aliphatic carbocycles. The average Bonchev–Trinajstić information content (AvgIpc) is 3.32. The number of aryl methyl sites for hydroxylation is 1. The zero-order valence-corrected chi connectivity index (χ0v) is 16.0. The van der Waals surface area contributed by atoms with Crippen LogP contribution in [0.1, 0.15) is 22.7 Å². The van der Waals surface area contributed by atoms with Crippen LogP contribution in [-0.2, 0) is 20.9 Å². The molecule has 0 unspecified atom stereocenters. The third kappa shape index (κ3) is 5.19. The van der Waals surface area contributed by atoms with E-state index in [1.54, 1.807) is 41.9 Å². The lowest BCUT2D eigenvalue weighted by Gasteiger charge is -2.04. The van der Waals surface area contributed by atoms with Crippen LogP contribution in [0.5, 0.6) is 0 Å². The Balaban J connectivity index is 1.57. The van der Waals surface area contributed by atoms with Crippen molar-refractivity contribution < 1.29 is 23.1 Å². The van der Waals surface area contributed by atoms with E-state index in [2.05, 4.69) is 10.4 Å². The zero-order valence-electron chi connectivity index (χ0n) is 16.0. The summed E-state index contributed by atoms with van der Waals surface area (Å²) in [5.41, 5.74) is 2.94. The van der Waals surface area contributed by atoms with Crippen LogP contribution in [0.3, 0.4) is 0 Å². The van der Waals surface area contributed by atoms with Crippen LogP contribution >= 0.6 is 0 Å². The molecule has 0 radical (unpaired) electrons. The van der Waals surface area contributed by atoms with Gasteiger partial charge in [0, 0.05) is 17.3 Å². The molecule has 1 N–H and O–H groups in total. The number of hydrogen-bond donors (Lipinski definition) is 1. The summed E-state index contributed by atoms with van der Waals surface area (Å²) < 4.78 is 24.8. The molecule has 0 spiro atoms. The summed E-state index contributed by atoms with van der Waals surface area (Å²) in [5.74, 6) is -0.800. The summed E-state index contributed by atoms with van der Waals surface area (Å²) >= 11 is 0. The lowest BCUT2D eigenvalue weighted by atomic mass is 10.2. The van der Waals surface area contributed by atoms with Crippen molar-refractivity contribution >= 4 is 18.0 Å². The molecule has 1 aromatic carbocycles. The number of esters is 1. The Morgan fingerprint density at radius 1 is 1.24 bits per heavy atom. The molecular weight excluding hydrogens is 377 g/mol. The van der Waals surface area contributed by atoms with Gasteiger partial charge in [0.25, 0.3) is 5.91 Å². The fourth-order valence-electron chi connectivity index (χ4n) is 2.72. The highest BCUT2D eigenvalue weighted by Crippen LogP contribution is 2.19. The summed E-state index contributed by atoms with van der Waals surface area (Å²) in [6.07, 6.45) is 4.33. The predicted molar refractivity (Wildman–Crippen MR) is 104 cm³/mol. The quantitative estimate of drug-likeness (QED) is 0.489. The third-order valence-corrected chi connectivity index (χ3v) is 4.19. The summed E-state index contributed by atoms with van der Waals surface area (Å²) in [6.45, 7) is 3.48. The molecule has 0 saturated carbocycles. The van der Waals surface area contributed by atoms with E-state index in [0.717, 1.165) is 11.3 Å². The number of amides is 1. The molecule has 1 amide bonds. The van der Waals surface area contributed by atoms with Gasteiger partial charge in [-0.05, 0) is 56.3 Å². The van der Waals surface area contributed by atoms with E-state index in [1.807, 2.05) is 6.92 Å². The number of nitrogens with zero attached hydrogens (tertiary/aromatic N) is 2. The van der Waals surface area contributed by atoms with Gasteiger partial charge >= 0.3 is 5.97 Å². The van der Waals surface area contributed by atoms with Crippen molar-refractivity contribution in [3.05, 3.63) is 77.3 Å². The maximum Gasteiger partial charge on any atom is 0.331 e. The second-order valence-corrected chi connectivity index (χ2v) is 6.27. The summed E-state index contributed by atoms with van der Waals surface area (Å²) in [5, 5.41) is 7.01. The van der Waals surface area contributed by atoms with E-state index < -0.39 is 18.5 Å². The predicted octanol–water partition coefficient (Wildman–Crippen LogP) is 3.09. The Labute approximate surface area is 166 Å². The van der Waals surface area contributed by atoms with Gasteiger partial charge in [0.2, 0.25) is 0 Å². The molecule has 2 aromatic heterocycles. The van der Waals surface area contributed by atoms with Gasteiger partial charge in [-0.1, -0.05) is 0 Å². The topological polar surface area (TPSA) is 86.4 Å². The van der Waals surface area contributed by atoms with Crippen molar-refractivity contribution in [3.8, 4) is 5.69 Å². The zero-order chi connectivity index (χ0) is 20.8. The highest BCUT2D eigenvalue weighted by molar-refractivity contribution is 5.89. The Morgan fingerprint density at radius 3 is 2.69 bits per heavy atom. The number of nitrogens with one attached hydrogen (secondary N) is 1. The van der Waals surface area contributed by atoms with Gasteiger partial charge in [0.05, 0.1) is 24.2 Å². The van der Waals surface area contributed by atoms with E-state index >= 15 is 0 Å². The Hall–Kier alpha value is -3.68. The number of ether oxygens (including phenoxy) is 1. The minimum Gasteiger partial charge on any atom is -0.467 e. The molecule has 0 atom stereocenters. The van der Waals surface area contributed by atoms with Crippen molar-refractivity contribution in [2.75, 3.05) is 6.61 Å². The Bertz CT molecular complexity index is 1020. The fraction of sp³-hybridized carbons (Fsp3) is 0.190. The van der Waals surface area contributed by atoms with Gasteiger partial charge in [-0.25, -0.2) is 13.9 Å². The van der Waals surface area contributed by atoms with E-state index in [4.69, 9.17) is 9.15 Å². The van der Waals surface area contributed by atoms with Crippen LogP contribution in [0.4, 0.5) is 4.39 Å². The highest BCUT2D eigenvalue weighted by Gasteiger charge is 2.12. The maximum absolute atomic E-state index is 13.1. The number of halogens is 1. The van der Waals surface area contributed by atoms with Crippen LogP contribution in [0, 0.1) is 19.7 Å². The van der Waals surface area contributed by atoms with Crippen molar-refractivity contribution in [2.45, 2.75) is 20.4 Å². The molecule has 150 valence electrons. The van der Waals surface area contributed by atoms with Gasteiger partial charge in [-0.3, -0.25) is 4.79 Å². The van der Waals surface area contributed by atoms with Gasteiger partial charge in [-0.15, -0.1) is 0 Å². The molecule has 0 aliphatic rings. The molecule has 0 aliphatic heterocycles. The molecule has 3 aromatic rings. The number of furan rings is 1. The van der Waals surface area contributed by atoms with Gasteiger partial charge in [-0.2, -0.15) is 5.10 Å². The first kappa shape index (κ1) is 20.1. The van der Waals surface area contributed by atoms with E-state index in [0.29, 0.717) is 17.1 Å². The molecule has 7 nitrogen and oxygen atoms in total. The first-order chi connectivity index (χ1) is 13.9. The Morgan fingerprint density at radius 2 is 2.00 bits per heavy atom. The largest absolute Gasteiger partial charge is 0.467 e. The normalized spacial score (nSPS) is 11.0. The lowest BCUT2D eigenvalue weighted by molar-refractivity contribution is -0.143. The first-order valence-corrected chi connectivity index (χ1v) is 8.90. The van der Waals surface area contributed by atoms with Crippen molar-refractivity contribution in [3.63, 3.8) is 0 Å². The van der Waals surface area contributed by atoms with Crippen LogP contribution in [0.25, 0.3) is 11.8 Å². The van der Waals surface area contributed by atoms with Gasteiger partial charge in [0.15, 0.2) is 6.61 Å². The molecule has 0 bridgehead atoms. The monoisotopic (exact) mass is 397 g/mol. The van der Waals surface area contributed by atoms with E-state index in [-0.39, 0.29) is 12.4 Å². The number of rotatable bonds is 7. The second-order valence-electron chi connectivity index (χ2n) is 6.27. The molecule has 0 fully saturated rings. The fourth-order valence-corrected chi connectivity index (χ4v) is 2.72. The standard InChI is InChI=1S/C21H20FN3O4/c1-14-19(15(2)25(24-14)17-7-5-16(22)6-8-17)9-10-21(27)29-13-20(26)23-12-18-4-3-11-28-18/h3-11H,12-13H2,1-2H3,(H,23,26). The first-order valence-electron chi connectivity index (χ1n) is 8.90. The summed E-state index contributed by atoms with van der Waals surface area (Å²) in [7, 11) is 0. The highest BCUT2D eigenvalue weighted by atomic mass is 19.1. The summed E-state index contributed by atoms with van der Waals surface area (Å²) in [6, 6.07) is 9.40. The van der Waals surface area contributed by atoms with Crippen molar-refractivity contribution in [2.24, 2.45) is 0 Å². The molecule has 3 rings (SSSR count). The van der Waals surface area contributed by atoms with Crippen LogP contribution < -0.4 is 5.32 Å². The third-order valence-electron chi connectivity index (χ3n) is 4.19. The minimum absolute atomic E-state index is 0.222. The molecule has 2 heterocycles. The van der Waals surface area contributed by atoms with E-state index in [9.17, 15) is 14.0 Å². The number of carbonyl (C=O) groups excluding carboxylic acids is 2. The van der Waals surface area contributed by atoms with Crippen LogP contribution in [0.15, 0.2) is 53.2 Å². The smallest absolute Gasteiger partial charge is 0.331 e. The number of carbonyl (C=O) groups is 2. The summed E-state index contributed by atoms with van der Waals surface area (Å²) in [4.78, 5) is 23.6. The molecule has 29 heavy (non-hydrogen) atoms. The van der Waals surface area contributed by atoms with Crippen LogP contribution in [-0.4, -0.2) is 28.3 Å². The number of benzene rings is 1. The average molecular weight is 397 g/mol. The second kappa shape index (κ2) is 9.01. The Kier molecular flexibility index (Phi) is 6.23. The number of hydrogen-bond acceptors (Lipinski definition) is 5. The minimum atomic E-state index is -0.647. The SMILES string of the molecule is Cc1nn(-c2ccc(F)cc2)c(C)c1C=CC(=O)OCC(=O)NCc1ccco1. The molecule has 8 heteroatoms.